The van der Waals surface area contributed by atoms with E-state index in [-0.39, 0.29) is 4.90 Å². The number of alkyl halides is 2. The number of rotatable bonds is 5. The number of H-pyrrole nitrogens is 1. The van der Waals surface area contributed by atoms with Crippen LogP contribution < -0.4 is 5.32 Å². The third-order valence-electron chi connectivity index (χ3n) is 2.58. The second kappa shape index (κ2) is 5.40. The molecule has 0 amide bonds. The monoisotopic (exact) mass is 286 g/mol. The molecular formula is C12H12F2N2O2S. The number of hydrogen-bond acceptors (Lipinski definition) is 3. The van der Waals surface area contributed by atoms with Gasteiger partial charge in [0.25, 0.3) is 0 Å². The maximum Gasteiger partial charge on any atom is 0.341 e. The summed E-state index contributed by atoms with van der Waals surface area (Å²) in [5.74, 6) is -3.40. The van der Waals surface area contributed by atoms with Crippen molar-refractivity contribution in [3.8, 4) is 0 Å². The van der Waals surface area contributed by atoms with Crippen molar-refractivity contribution in [1.29, 1.82) is 0 Å². The van der Waals surface area contributed by atoms with Crippen LogP contribution >= 0.6 is 0 Å². The normalized spacial score (nSPS) is 11.7. The number of sulfone groups is 1. The number of hydrogen-bond donors (Lipinski definition) is 2. The van der Waals surface area contributed by atoms with Gasteiger partial charge in [-0.15, -0.1) is 0 Å². The summed E-state index contributed by atoms with van der Waals surface area (Å²) in [6, 6.07) is 7.15. The van der Waals surface area contributed by atoms with Gasteiger partial charge in [0.1, 0.15) is 0 Å². The second-order valence-electron chi connectivity index (χ2n) is 3.90. The SMILES string of the molecule is O=S(=O)(c1ccc(NCc2cc[nH]c2)cc1)C(F)F. The van der Waals surface area contributed by atoms with Crippen molar-refractivity contribution in [1.82, 2.24) is 4.98 Å². The van der Waals surface area contributed by atoms with Gasteiger partial charge in [0, 0.05) is 24.6 Å². The molecular weight excluding hydrogens is 274 g/mol. The summed E-state index contributed by atoms with van der Waals surface area (Å²) < 4.78 is 47.1. The summed E-state index contributed by atoms with van der Waals surface area (Å²) in [7, 11) is -4.52. The van der Waals surface area contributed by atoms with Gasteiger partial charge >= 0.3 is 5.76 Å². The molecule has 19 heavy (non-hydrogen) atoms. The van der Waals surface area contributed by atoms with Gasteiger partial charge in [-0.3, -0.25) is 0 Å². The van der Waals surface area contributed by atoms with Gasteiger partial charge in [0.2, 0.25) is 9.84 Å². The second-order valence-corrected chi connectivity index (χ2v) is 5.82. The molecule has 7 heteroatoms. The fourth-order valence-corrected chi connectivity index (χ4v) is 2.26. The molecule has 0 atom stereocenters. The first-order chi connectivity index (χ1) is 9.00. The summed E-state index contributed by atoms with van der Waals surface area (Å²) in [6.45, 7) is 0.560. The number of benzene rings is 1. The molecule has 2 rings (SSSR count). The van der Waals surface area contributed by atoms with Crippen molar-refractivity contribution in [3.63, 3.8) is 0 Å². The van der Waals surface area contributed by atoms with E-state index in [2.05, 4.69) is 10.3 Å². The lowest BCUT2D eigenvalue weighted by Crippen LogP contribution is -2.11. The number of aromatic nitrogens is 1. The molecule has 2 N–H and O–H groups in total. The van der Waals surface area contributed by atoms with Crippen molar-refractivity contribution >= 4 is 15.5 Å². The van der Waals surface area contributed by atoms with Crippen LogP contribution in [0.3, 0.4) is 0 Å². The summed E-state index contributed by atoms with van der Waals surface area (Å²) in [5.41, 5.74) is 1.69. The number of aromatic amines is 1. The van der Waals surface area contributed by atoms with Crippen LogP contribution in [0, 0.1) is 0 Å². The molecule has 1 aromatic carbocycles. The molecule has 102 valence electrons. The summed E-state index contributed by atoms with van der Waals surface area (Å²) >= 11 is 0. The van der Waals surface area contributed by atoms with Gasteiger partial charge in [-0.1, -0.05) is 0 Å². The van der Waals surface area contributed by atoms with Crippen LogP contribution in [-0.2, 0) is 16.4 Å². The van der Waals surface area contributed by atoms with E-state index in [0.29, 0.717) is 12.2 Å². The lowest BCUT2D eigenvalue weighted by atomic mass is 10.3. The lowest BCUT2D eigenvalue weighted by molar-refractivity contribution is 0.234. The molecule has 0 aliphatic carbocycles. The van der Waals surface area contributed by atoms with E-state index >= 15 is 0 Å². The van der Waals surface area contributed by atoms with Crippen LogP contribution in [0.1, 0.15) is 5.56 Å². The van der Waals surface area contributed by atoms with E-state index in [9.17, 15) is 17.2 Å². The molecule has 2 aromatic rings. The molecule has 0 spiro atoms. The lowest BCUT2D eigenvalue weighted by Gasteiger charge is -2.07. The van der Waals surface area contributed by atoms with Crippen molar-refractivity contribution in [2.24, 2.45) is 0 Å². The first-order valence-electron chi connectivity index (χ1n) is 5.48. The third-order valence-corrected chi connectivity index (χ3v) is 3.97. The van der Waals surface area contributed by atoms with Crippen LogP contribution in [0.2, 0.25) is 0 Å². The fraction of sp³-hybridized carbons (Fsp3) is 0.167. The average molecular weight is 286 g/mol. The minimum absolute atomic E-state index is 0.380. The van der Waals surface area contributed by atoms with Crippen LogP contribution in [0.15, 0.2) is 47.6 Å². The van der Waals surface area contributed by atoms with Crippen molar-refractivity contribution < 1.29 is 17.2 Å². The fourth-order valence-electron chi connectivity index (χ4n) is 1.54. The molecule has 4 nitrogen and oxygen atoms in total. The summed E-state index contributed by atoms with van der Waals surface area (Å²) in [4.78, 5) is 2.52. The standard InChI is InChI=1S/C12H12F2N2O2S/c13-12(14)19(17,18)11-3-1-10(2-4-11)16-8-9-5-6-15-7-9/h1-7,12,15-16H,8H2. The molecule has 0 radical (unpaired) electrons. The molecule has 0 aliphatic rings. The van der Waals surface area contributed by atoms with E-state index in [1.807, 2.05) is 12.3 Å². The Balaban J connectivity index is 2.07. The zero-order valence-electron chi connectivity index (χ0n) is 9.81. The highest BCUT2D eigenvalue weighted by atomic mass is 32.2. The Kier molecular flexibility index (Phi) is 3.84. The maximum atomic E-state index is 12.3. The minimum Gasteiger partial charge on any atom is -0.381 e. The molecule has 1 heterocycles. The summed E-state index contributed by atoms with van der Waals surface area (Å²) in [6.07, 6.45) is 3.61. The van der Waals surface area contributed by atoms with Gasteiger partial charge in [-0.2, -0.15) is 8.78 Å². The predicted octanol–water partition coefficient (Wildman–Crippen LogP) is 2.62. The average Bonchev–Trinajstić information content (AvgIpc) is 2.90. The van der Waals surface area contributed by atoms with Crippen molar-refractivity contribution in [2.75, 3.05) is 5.32 Å². The van der Waals surface area contributed by atoms with Crippen LogP contribution in [0.25, 0.3) is 0 Å². The first kappa shape index (κ1) is 13.5. The van der Waals surface area contributed by atoms with E-state index in [4.69, 9.17) is 0 Å². The zero-order valence-corrected chi connectivity index (χ0v) is 10.6. The Morgan fingerprint density at radius 3 is 2.37 bits per heavy atom. The molecule has 1 aromatic heterocycles. The largest absolute Gasteiger partial charge is 0.381 e. The smallest absolute Gasteiger partial charge is 0.341 e. The van der Waals surface area contributed by atoms with Gasteiger partial charge in [-0.05, 0) is 35.9 Å². The van der Waals surface area contributed by atoms with E-state index in [1.54, 1.807) is 6.20 Å². The highest BCUT2D eigenvalue weighted by Crippen LogP contribution is 2.20. The van der Waals surface area contributed by atoms with Gasteiger partial charge in [-0.25, -0.2) is 8.42 Å². The Morgan fingerprint density at radius 2 is 1.84 bits per heavy atom. The number of anilines is 1. The van der Waals surface area contributed by atoms with Crippen LogP contribution in [-0.4, -0.2) is 19.2 Å². The Bertz CT molecular complexity index is 622. The maximum absolute atomic E-state index is 12.3. The Labute approximate surface area is 109 Å². The molecule has 0 aliphatic heterocycles. The van der Waals surface area contributed by atoms with Crippen molar-refractivity contribution in [3.05, 3.63) is 48.3 Å². The van der Waals surface area contributed by atoms with Crippen LogP contribution in [0.5, 0.6) is 0 Å². The Hall–Kier alpha value is -1.89. The van der Waals surface area contributed by atoms with E-state index in [1.165, 1.54) is 24.3 Å². The Morgan fingerprint density at radius 1 is 1.16 bits per heavy atom. The van der Waals surface area contributed by atoms with Gasteiger partial charge in [0.15, 0.2) is 0 Å². The number of nitrogens with one attached hydrogen (secondary N) is 2. The molecule has 0 fully saturated rings. The number of halogens is 2. The molecule has 0 unspecified atom stereocenters. The minimum atomic E-state index is -4.52. The third kappa shape index (κ3) is 3.11. The quantitative estimate of drug-likeness (QED) is 0.888. The molecule has 0 bridgehead atoms. The van der Waals surface area contributed by atoms with Gasteiger partial charge in [0.05, 0.1) is 4.90 Å². The first-order valence-corrected chi connectivity index (χ1v) is 7.02. The van der Waals surface area contributed by atoms with Gasteiger partial charge < -0.3 is 10.3 Å². The zero-order chi connectivity index (χ0) is 13.9. The summed E-state index contributed by atoms with van der Waals surface area (Å²) in [5, 5.41) is 3.05. The molecule has 0 saturated heterocycles. The van der Waals surface area contributed by atoms with Crippen molar-refractivity contribution in [2.45, 2.75) is 17.2 Å². The highest BCUT2D eigenvalue weighted by Gasteiger charge is 2.26. The topological polar surface area (TPSA) is 62.0 Å². The molecule has 0 saturated carbocycles. The highest BCUT2D eigenvalue weighted by molar-refractivity contribution is 7.91. The predicted molar refractivity (Wildman–Crippen MR) is 67.8 cm³/mol. The van der Waals surface area contributed by atoms with E-state index in [0.717, 1.165) is 5.56 Å². The van der Waals surface area contributed by atoms with E-state index < -0.39 is 15.6 Å². The van der Waals surface area contributed by atoms with Crippen LogP contribution in [0.4, 0.5) is 14.5 Å².